The fraction of sp³-hybridized carbons (Fsp3) is 0.484. The van der Waals surface area contributed by atoms with E-state index in [0.717, 1.165) is 33.5 Å². The number of aliphatic hydroxyl groups is 1. The predicted octanol–water partition coefficient (Wildman–Crippen LogP) is 6.44. The van der Waals surface area contributed by atoms with E-state index in [4.69, 9.17) is 31.2 Å². The van der Waals surface area contributed by atoms with Crippen molar-refractivity contribution < 1.29 is 38.4 Å². The Kier molecular flexibility index (Phi) is 12.3. The first-order chi connectivity index (χ1) is 20.3. The van der Waals surface area contributed by atoms with Gasteiger partial charge in [-0.2, -0.15) is 0 Å². The predicted molar refractivity (Wildman–Crippen MR) is 164 cm³/mol. The second-order valence-electron chi connectivity index (χ2n) is 10.5. The number of aliphatic hydroxyl groups excluding tert-OH is 1. The lowest BCUT2D eigenvalue weighted by atomic mass is 9.89. The standard InChI is InChI=1S/C31H36O8S3/c1-20-5-3-2-4-6-22-17-23(32)18-25(22)26(11-12-29(34)38-20)39-30(35)14-13-28(33)37-16-15-36-24-9-7-21(8-10-24)27-19-31(40)42-41-27/h4,6-12,19-20,22-23,25-26,32H,2-3,5,13-18H2,1H3/b6-4+,12-11+/t20-,22+,23-,25+,26+/m0/s1. The van der Waals surface area contributed by atoms with Crippen LogP contribution >= 0.6 is 32.9 Å². The van der Waals surface area contributed by atoms with Crippen LogP contribution in [0.1, 0.15) is 51.9 Å². The van der Waals surface area contributed by atoms with Crippen molar-refractivity contribution in [3.63, 3.8) is 0 Å². The Bertz CT molecular complexity index is 1310. The Balaban J connectivity index is 1.23. The molecule has 1 aromatic carbocycles. The van der Waals surface area contributed by atoms with E-state index in [1.54, 1.807) is 20.7 Å². The van der Waals surface area contributed by atoms with Gasteiger partial charge in [-0.05, 0) is 86.9 Å². The zero-order valence-corrected chi connectivity index (χ0v) is 25.9. The van der Waals surface area contributed by atoms with Crippen LogP contribution in [0.4, 0.5) is 0 Å². The minimum absolute atomic E-state index is 0.00806. The molecule has 226 valence electrons. The normalized spacial score (nSPS) is 26.0. The van der Waals surface area contributed by atoms with Crippen molar-refractivity contribution in [2.45, 2.75) is 70.2 Å². The molecular weight excluding hydrogens is 597 g/mol. The third-order valence-electron chi connectivity index (χ3n) is 7.18. The maximum absolute atomic E-state index is 12.7. The van der Waals surface area contributed by atoms with Crippen LogP contribution in [0.25, 0.3) is 10.4 Å². The molecule has 0 unspecified atom stereocenters. The van der Waals surface area contributed by atoms with Crippen LogP contribution in [0.5, 0.6) is 5.75 Å². The number of benzene rings is 1. The highest BCUT2D eigenvalue weighted by Crippen LogP contribution is 2.38. The van der Waals surface area contributed by atoms with Crippen molar-refractivity contribution in [3.8, 4) is 16.2 Å². The van der Waals surface area contributed by atoms with Crippen molar-refractivity contribution in [2.24, 2.45) is 11.8 Å². The summed E-state index contributed by atoms with van der Waals surface area (Å²) < 4.78 is 22.9. The molecule has 0 radical (unpaired) electrons. The summed E-state index contributed by atoms with van der Waals surface area (Å²) in [4.78, 5) is 38.3. The van der Waals surface area contributed by atoms with Gasteiger partial charge in [-0.25, -0.2) is 4.79 Å². The van der Waals surface area contributed by atoms with Crippen molar-refractivity contribution in [1.29, 1.82) is 0 Å². The first kappa shape index (κ1) is 32.1. The molecule has 42 heavy (non-hydrogen) atoms. The molecule has 2 heterocycles. The molecule has 1 aromatic heterocycles. The van der Waals surface area contributed by atoms with Gasteiger partial charge in [0, 0.05) is 16.9 Å². The van der Waals surface area contributed by atoms with Gasteiger partial charge in [-0.15, -0.1) is 0 Å². The van der Waals surface area contributed by atoms with Crippen LogP contribution in [0.3, 0.4) is 0 Å². The fourth-order valence-corrected chi connectivity index (χ4v) is 7.50. The van der Waals surface area contributed by atoms with Crippen LogP contribution in [-0.2, 0) is 28.6 Å². The van der Waals surface area contributed by atoms with Gasteiger partial charge >= 0.3 is 17.9 Å². The number of rotatable bonds is 9. The van der Waals surface area contributed by atoms with E-state index in [2.05, 4.69) is 12.2 Å². The zero-order chi connectivity index (χ0) is 29.9. The maximum Gasteiger partial charge on any atom is 0.330 e. The lowest BCUT2D eigenvalue weighted by Gasteiger charge is -2.24. The van der Waals surface area contributed by atoms with E-state index in [-0.39, 0.29) is 44.0 Å². The number of fused-ring (bicyclic) bond motifs is 1. The summed E-state index contributed by atoms with van der Waals surface area (Å²) in [6.45, 7) is 2.07. The molecule has 1 fully saturated rings. The third-order valence-corrected chi connectivity index (χ3v) is 10.1. The minimum atomic E-state index is -0.734. The smallest absolute Gasteiger partial charge is 0.330 e. The summed E-state index contributed by atoms with van der Waals surface area (Å²) >= 11 is 5.19. The second-order valence-corrected chi connectivity index (χ2v) is 13.4. The lowest BCUT2D eigenvalue weighted by Crippen LogP contribution is -2.28. The van der Waals surface area contributed by atoms with Crippen molar-refractivity contribution in [3.05, 3.63) is 58.5 Å². The first-order valence-corrected chi connectivity index (χ1v) is 16.7. The van der Waals surface area contributed by atoms with Gasteiger partial charge in [0.1, 0.15) is 28.9 Å². The zero-order valence-electron chi connectivity index (χ0n) is 23.5. The molecule has 0 spiro atoms. The summed E-state index contributed by atoms with van der Waals surface area (Å²) in [6, 6.07) is 9.58. The molecule has 1 aliphatic heterocycles. The van der Waals surface area contributed by atoms with Gasteiger partial charge in [-0.3, -0.25) is 9.59 Å². The quantitative estimate of drug-likeness (QED) is 0.0835. The van der Waals surface area contributed by atoms with Gasteiger partial charge in [0.25, 0.3) is 0 Å². The molecule has 2 aliphatic rings. The molecule has 0 bridgehead atoms. The van der Waals surface area contributed by atoms with E-state index in [1.165, 1.54) is 12.2 Å². The molecular formula is C31H36O8S3. The largest absolute Gasteiger partial charge is 0.490 e. The molecule has 1 N–H and O–H groups in total. The van der Waals surface area contributed by atoms with Crippen molar-refractivity contribution >= 4 is 50.8 Å². The average molecular weight is 633 g/mol. The topological polar surface area (TPSA) is 108 Å². The van der Waals surface area contributed by atoms with Crippen LogP contribution in [0.15, 0.2) is 54.6 Å². The van der Waals surface area contributed by atoms with Gasteiger partial charge in [0.15, 0.2) is 0 Å². The Morgan fingerprint density at radius 3 is 2.62 bits per heavy atom. The molecule has 0 saturated heterocycles. The highest BCUT2D eigenvalue weighted by molar-refractivity contribution is 7.80. The molecule has 0 amide bonds. The summed E-state index contributed by atoms with van der Waals surface area (Å²) in [5, 5.41) is 10.3. The monoisotopic (exact) mass is 632 g/mol. The number of esters is 3. The van der Waals surface area contributed by atoms with Crippen LogP contribution in [-0.4, -0.2) is 54.5 Å². The molecule has 1 aliphatic carbocycles. The van der Waals surface area contributed by atoms with E-state index < -0.39 is 30.1 Å². The Morgan fingerprint density at radius 2 is 1.86 bits per heavy atom. The Labute approximate surface area is 258 Å². The number of cyclic esters (lactones) is 1. The number of hydrogen-bond donors (Lipinski definition) is 1. The molecule has 8 nitrogen and oxygen atoms in total. The first-order valence-electron chi connectivity index (χ1n) is 14.2. The van der Waals surface area contributed by atoms with Gasteiger partial charge in [-0.1, -0.05) is 45.1 Å². The third kappa shape index (κ3) is 10.1. The summed E-state index contributed by atoms with van der Waals surface area (Å²) in [5.74, 6) is -1.14. The van der Waals surface area contributed by atoms with Crippen molar-refractivity contribution in [1.82, 2.24) is 0 Å². The second kappa shape index (κ2) is 16.1. The number of allylic oxidation sites excluding steroid dienone is 2. The fourth-order valence-electron chi connectivity index (χ4n) is 5.10. The van der Waals surface area contributed by atoms with E-state index in [0.29, 0.717) is 18.6 Å². The molecule has 2 aromatic rings. The van der Waals surface area contributed by atoms with Crippen LogP contribution in [0, 0.1) is 15.7 Å². The maximum atomic E-state index is 12.7. The van der Waals surface area contributed by atoms with E-state index in [9.17, 15) is 19.5 Å². The molecule has 5 atom stereocenters. The Hall–Kier alpha value is -2.86. The van der Waals surface area contributed by atoms with Crippen molar-refractivity contribution in [2.75, 3.05) is 13.2 Å². The number of carbonyl (C=O) groups is 3. The minimum Gasteiger partial charge on any atom is -0.490 e. The number of hydrogen-bond acceptors (Lipinski definition) is 11. The number of ether oxygens (including phenoxy) is 4. The average Bonchev–Trinajstić information content (AvgIpc) is 3.57. The lowest BCUT2D eigenvalue weighted by molar-refractivity contribution is -0.154. The summed E-state index contributed by atoms with van der Waals surface area (Å²) in [6.07, 6.45) is 8.69. The highest BCUT2D eigenvalue weighted by Gasteiger charge is 2.38. The summed E-state index contributed by atoms with van der Waals surface area (Å²) in [5.41, 5.74) is 1.06. The van der Waals surface area contributed by atoms with Crippen LogP contribution < -0.4 is 4.74 Å². The van der Waals surface area contributed by atoms with Gasteiger partial charge in [0.2, 0.25) is 0 Å². The molecule has 1 saturated carbocycles. The van der Waals surface area contributed by atoms with Gasteiger partial charge < -0.3 is 24.1 Å². The molecule has 11 heteroatoms. The SMILES string of the molecule is C[C@H]1CCC/C=C/[C@@H]2C[C@H](O)C[C@H]2[C@H](OC(=O)CCC(=O)OCCOc2ccc(-c3cc(=S)ss3)cc2)/C=C/C(=O)O1. The highest BCUT2D eigenvalue weighted by atomic mass is 32.9. The van der Waals surface area contributed by atoms with E-state index >= 15 is 0 Å². The summed E-state index contributed by atoms with van der Waals surface area (Å²) in [7, 11) is 3.19. The Morgan fingerprint density at radius 1 is 1.07 bits per heavy atom. The van der Waals surface area contributed by atoms with Gasteiger partial charge in [0.05, 0.1) is 25.0 Å². The van der Waals surface area contributed by atoms with E-state index in [1.807, 2.05) is 37.3 Å². The van der Waals surface area contributed by atoms with Crippen LogP contribution in [0.2, 0.25) is 0 Å². The molecule has 4 rings (SSSR count). The number of carbonyl (C=O) groups excluding carboxylic acids is 3.